The highest BCUT2D eigenvalue weighted by atomic mass is 19.4. The smallest absolute Gasteiger partial charge is 0.423 e. The molecule has 0 fully saturated rings. The van der Waals surface area contributed by atoms with Crippen LogP contribution in [0.2, 0.25) is 0 Å². The molecule has 30 heavy (non-hydrogen) atoms. The van der Waals surface area contributed by atoms with Crippen molar-refractivity contribution in [3.63, 3.8) is 0 Å². The number of benzene rings is 1. The van der Waals surface area contributed by atoms with Gasteiger partial charge in [-0.2, -0.15) is 13.2 Å². The van der Waals surface area contributed by atoms with Crippen LogP contribution in [0.15, 0.2) is 27.4 Å². The highest BCUT2D eigenvalue weighted by molar-refractivity contribution is 5.82. The number of rotatable bonds is 11. The number of carbonyl (C=O) groups excluding carboxylic acids is 1. The zero-order chi connectivity index (χ0) is 22.1. The second kappa shape index (κ2) is 11.0. The fourth-order valence-electron chi connectivity index (χ4n) is 3.14. The third kappa shape index (κ3) is 6.78. The lowest BCUT2D eigenvalue weighted by Crippen LogP contribution is -2.20. The first kappa shape index (κ1) is 23.8. The van der Waals surface area contributed by atoms with E-state index in [9.17, 15) is 22.8 Å². The summed E-state index contributed by atoms with van der Waals surface area (Å²) in [7, 11) is 0. The van der Waals surface area contributed by atoms with Gasteiger partial charge in [0, 0.05) is 17.9 Å². The minimum absolute atomic E-state index is 0.0757. The molecule has 0 atom stereocenters. The van der Waals surface area contributed by atoms with Crippen LogP contribution in [0.25, 0.3) is 11.0 Å². The molecule has 0 unspecified atom stereocenters. The summed E-state index contributed by atoms with van der Waals surface area (Å²) in [5.41, 5.74) is -2.74. The molecule has 0 aliphatic carbocycles. The third-order valence-corrected chi connectivity index (χ3v) is 4.78. The van der Waals surface area contributed by atoms with Crippen molar-refractivity contribution in [3.05, 3.63) is 39.7 Å². The molecule has 1 aromatic heterocycles. The average molecular weight is 428 g/mol. The van der Waals surface area contributed by atoms with Crippen molar-refractivity contribution in [2.24, 2.45) is 0 Å². The summed E-state index contributed by atoms with van der Waals surface area (Å²) >= 11 is 0. The van der Waals surface area contributed by atoms with E-state index in [-0.39, 0.29) is 22.5 Å². The Bertz CT molecular complexity index is 902. The van der Waals surface area contributed by atoms with E-state index < -0.39 is 17.4 Å². The molecule has 0 radical (unpaired) electrons. The molecule has 0 N–H and O–H groups in total. The number of alkyl halides is 3. The first-order valence-electron chi connectivity index (χ1n) is 10.2. The van der Waals surface area contributed by atoms with Crippen molar-refractivity contribution in [1.29, 1.82) is 0 Å². The van der Waals surface area contributed by atoms with Crippen LogP contribution in [-0.4, -0.2) is 19.2 Å². The molecule has 0 bridgehead atoms. The second-order valence-corrected chi connectivity index (χ2v) is 7.09. The molecule has 5 nitrogen and oxygen atoms in total. The minimum atomic E-state index is -4.76. The van der Waals surface area contributed by atoms with Crippen LogP contribution in [0.1, 0.15) is 63.0 Å². The van der Waals surface area contributed by atoms with Crippen molar-refractivity contribution in [2.75, 3.05) is 13.2 Å². The van der Waals surface area contributed by atoms with Crippen LogP contribution in [0, 0.1) is 6.92 Å². The van der Waals surface area contributed by atoms with Gasteiger partial charge in [-0.25, -0.2) is 4.79 Å². The van der Waals surface area contributed by atoms with Crippen molar-refractivity contribution in [2.45, 2.75) is 65.0 Å². The molecule has 0 spiro atoms. The van der Waals surface area contributed by atoms with Gasteiger partial charge in [0.15, 0.2) is 0 Å². The molecule has 0 amide bonds. The molecule has 0 saturated heterocycles. The van der Waals surface area contributed by atoms with Gasteiger partial charge in [-0.05, 0) is 37.5 Å². The van der Waals surface area contributed by atoms with E-state index in [1.807, 2.05) is 0 Å². The first-order valence-corrected chi connectivity index (χ1v) is 10.2. The SMILES string of the molecule is CCC(=O)OCCCCCCCCOc1ccc2c(C)c(C(F)(F)F)c(=O)oc2c1. The Kier molecular flexibility index (Phi) is 8.74. The second-order valence-electron chi connectivity index (χ2n) is 7.09. The summed E-state index contributed by atoms with van der Waals surface area (Å²) in [6.07, 6.45) is 1.40. The van der Waals surface area contributed by atoms with E-state index in [2.05, 4.69) is 0 Å². The quantitative estimate of drug-likeness (QED) is 0.257. The van der Waals surface area contributed by atoms with Crippen LogP contribution in [0.4, 0.5) is 13.2 Å². The topological polar surface area (TPSA) is 65.7 Å². The summed E-state index contributed by atoms with van der Waals surface area (Å²) in [4.78, 5) is 22.7. The highest BCUT2D eigenvalue weighted by Crippen LogP contribution is 2.33. The van der Waals surface area contributed by atoms with Gasteiger partial charge in [-0.1, -0.05) is 32.6 Å². The van der Waals surface area contributed by atoms with Gasteiger partial charge in [0.25, 0.3) is 0 Å². The van der Waals surface area contributed by atoms with Crippen molar-refractivity contribution in [1.82, 2.24) is 0 Å². The van der Waals surface area contributed by atoms with Gasteiger partial charge in [0.2, 0.25) is 0 Å². The molecule has 2 aromatic rings. The maximum absolute atomic E-state index is 13.0. The lowest BCUT2D eigenvalue weighted by Gasteiger charge is -2.12. The summed E-state index contributed by atoms with van der Waals surface area (Å²) < 4.78 is 54.6. The highest BCUT2D eigenvalue weighted by Gasteiger charge is 2.37. The number of carbonyl (C=O) groups is 1. The number of hydrogen-bond acceptors (Lipinski definition) is 5. The number of aryl methyl sites for hydroxylation is 1. The molecule has 8 heteroatoms. The molecular weight excluding hydrogens is 401 g/mol. The Hall–Kier alpha value is -2.51. The Morgan fingerprint density at radius 3 is 2.30 bits per heavy atom. The number of ether oxygens (including phenoxy) is 2. The van der Waals surface area contributed by atoms with E-state index in [1.165, 1.54) is 19.1 Å². The van der Waals surface area contributed by atoms with Gasteiger partial charge in [-0.3, -0.25) is 4.79 Å². The summed E-state index contributed by atoms with van der Waals surface area (Å²) in [6.45, 7) is 3.96. The number of hydrogen-bond donors (Lipinski definition) is 0. The lowest BCUT2D eigenvalue weighted by atomic mass is 10.1. The molecule has 0 aliphatic heterocycles. The first-order chi connectivity index (χ1) is 14.2. The van der Waals surface area contributed by atoms with Gasteiger partial charge in [0.05, 0.1) is 13.2 Å². The van der Waals surface area contributed by atoms with Crippen LogP contribution in [0.3, 0.4) is 0 Å². The number of unbranched alkanes of at least 4 members (excludes halogenated alkanes) is 5. The van der Waals surface area contributed by atoms with Crippen molar-refractivity contribution >= 4 is 16.9 Å². The van der Waals surface area contributed by atoms with Gasteiger partial charge < -0.3 is 13.9 Å². The Morgan fingerprint density at radius 2 is 1.67 bits per heavy atom. The lowest BCUT2D eigenvalue weighted by molar-refractivity contribution is -0.143. The number of esters is 1. The van der Waals surface area contributed by atoms with Crippen LogP contribution in [0.5, 0.6) is 5.75 Å². The van der Waals surface area contributed by atoms with Gasteiger partial charge in [0.1, 0.15) is 16.9 Å². The molecule has 1 aromatic carbocycles. The van der Waals surface area contributed by atoms with Crippen LogP contribution in [-0.2, 0) is 15.7 Å². The van der Waals surface area contributed by atoms with Crippen LogP contribution >= 0.6 is 0 Å². The predicted molar refractivity (Wildman–Crippen MR) is 107 cm³/mol. The van der Waals surface area contributed by atoms with E-state index >= 15 is 0 Å². The number of halogens is 3. The number of fused-ring (bicyclic) bond motifs is 1. The van der Waals surface area contributed by atoms with E-state index in [0.717, 1.165) is 38.5 Å². The Morgan fingerprint density at radius 1 is 1.03 bits per heavy atom. The molecule has 166 valence electrons. The molecular formula is C22H27F3O5. The summed E-state index contributed by atoms with van der Waals surface area (Å²) in [5.74, 6) is 0.276. The van der Waals surface area contributed by atoms with Crippen LogP contribution < -0.4 is 10.4 Å². The monoisotopic (exact) mass is 428 g/mol. The Labute approximate surface area is 173 Å². The largest absolute Gasteiger partial charge is 0.493 e. The molecule has 0 saturated carbocycles. The maximum atomic E-state index is 13.0. The zero-order valence-electron chi connectivity index (χ0n) is 17.3. The van der Waals surface area contributed by atoms with Gasteiger partial charge in [-0.15, -0.1) is 0 Å². The third-order valence-electron chi connectivity index (χ3n) is 4.78. The maximum Gasteiger partial charge on any atom is 0.423 e. The molecule has 2 rings (SSSR count). The van der Waals surface area contributed by atoms with Gasteiger partial charge >= 0.3 is 17.8 Å². The summed E-state index contributed by atoms with van der Waals surface area (Å²) in [6, 6.07) is 4.50. The fraction of sp³-hybridized carbons (Fsp3) is 0.545. The summed E-state index contributed by atoms with van der Waals surface area (Å²) in [5, 5.41) is 0.235. The Balaban J connectivity index is 1.76. The standard InChI is InChI=1S/C22H27F3O5/c1-3-19(26)29-13-9-7-5-4-6-8-12-28-16-10-11-17-15(2)20(22(23,24)25)21(27)30-18(17)14-16/h10-11,14H,3-9,12-13H2,1-2H3. The normalized spacial score (nSPS) is 11.6. The van der Waals surface area contributed by atoms with E-state index in [0.29, 0.717) is 25.4 Å². The minimum Gasteiger partial charge on any atom is -0.493 e. The van der Waals surface area contributed by atoms with E-state index in [1.54, 1.807) is 13.0 Å². The van der Waals surface area contributed by atoms with E-state index in [4.69, 9.17) is 13.9 Å². The molecule has 1 heterocycles. The van der Waals surface area contributed by atoms with Crippen molar-refractivity contribution < 1.29 is 31.9 Å². The van der Waals surface area contributed by atoms with Crippen molar-refractivity contribution in [3.8, 4) is 5.75 Å². The average Bonchev–Trinajstić information content (AvgIpc) is 2.67. The fourth-order valence-corrected chi connectivity index (χ4v) is 3.14. The zero-order valence-corrected chi connectivity index (χ0v) is 17.3. The predicted octanol–water partition coefficient (Wildman–Crippen LogP) is 5.79. The molecule has 0 aliphatic rings.